The van der Waals surface area contributed by atoms with E-state index in [1.807, 2.05) is 0 Å². The Morgan fingerprint density at radius 2 is 2.32 bits per heavy atom. The summed E-state index contributed by atoms with van der Waals surface area (Å²) in [5.74, 6) is 0.489. The summed E-state index contributed by atoms with van der Waals surface area (Å²) in [6.07, 6.45) is -2.55. The van der Waals surface area contributed by atoms with Crippen molar-refractivity contribution in [2.45, 2.75) is 25.6 Å². The van der Waals surface area contributed by atoms with Crippen molar-refractivity contribution in [3.05, 3.63) is 17.7 Å². The molecule has 1 atom stereocenters. The fourth-order valence-corrected chi connectivity index (χ4v) is 2.23. The Labute approximate surface area is 113 Å². The number of nitrogens with zero attached hydrogens (tertiary/aromatic N) is 2. The molecule has 0 radical (unpaired) electrons. The van der Waals surface area contributed by atoms with Crippen molar-refractivity contribution < 1.29 is 18.0 Å². The Morgan fingerprint density at radius 3 is 2.95 bits per heavy atom. The van der Waals surface area contributed by atoms with E-state index >= 15 is 0 Å². The molecule has 1 aliphatic heterocycles. The van der Waals surface area contributed by atoms with E-state index in [1.165, 1.54) is 4.57 Å². The van der Waals surface area contributed by atoms with Crippen LogP contribution in [0.25, 0.3) is 0 Å². The highest BCUT2D eigenvalue weighted by atomic mass is 32.1. The zero-order valence-electron chi connectivity index (χ0n) is 10.1. The first kappa shape index (κ1) is 14.2. The van der Waals surface area contributed by atoms with Gasteiger partial charge < -0.3 is 9.88 Å². The van der Waals surface area contributed by atoms with Crippen molar-refractivity contribution in [3.63, 3.8) is 0 Å². The number of alkyl halides is 3. The van der Waals surface area contributed by atoms with Crippen molar-refractivity contribution in [2.75, 3.05) is 12.3 Å². The molecule has 2 rings (SSSR count). The maximum Gasteiger partial charge on any atom is 0.434 e. The van der Waals surface area contributed by atoms with Crippen molar-refractivity contribution in [1.82, 2.24) is 14.9 Å². The lowest BCUT2D eigenvalue weighted by atomic mass is 9.98. The lowest BCUT2D eigenvalue weighted by Gasteiger charge is -2.22. The summed E-state index contributed by atoms with van der Waals surface area (Å²) in [6, 6.07) is 0. The maximum atomic E-state index is 12.5. The van der Waals surface area contributed by atoms with Gasteiger partial charge in [0.2, 0.25) is 5.91 Å². The summed E-state index contributed by atoms with van der Waals surface area (Å²) >= 11 is 3.98. The Bertz CT molecular complexity index is 472. The van der Waals surface area contributed by atoms with Crippen LogP contribution in [0.5, 0.6) is 0 Å². The first-order valence-corrected chi connectivity index (χ1v) is 6.57. The summed E-state index contributed by atoms with van der Waals surface area (Å²) in [4.78, 5) is 15.3. The lowest BCUT2D eigenvalue weighted by Crippen LogP contribution is -2.36. The van der Waals surface area contributed by atoms with E-state index < -0.39 is 11.9 Å². The predicted molar refractivity (Wildman–Crippen MR) is 65.9 cm³/mol. The lowest BCUT2D eigenvalue weighted by molar-refractivity contribution is -0.141. The quantitative estimate of drug-likeness (QED) is 0.830. The third-order valence-corrected chi connectivity index (χ3v) is 3.29. The van der Waals surface area contributed by atoms with Crippen molar-refractivity contribution in [3.8, 4) is 0 Å². The summed E-state index contributed by atoms with van der Waals surface area (Å²) < 4.78 is 39.0. The van der Waals surface area contributed by atoms with Gasteiger partial charge in [-0.25, -0.2) is 4.98 Å². The molecule has 1 unspecified atom stereocenters. The van der Waals surface area contributed by atoms with Crippen LogP contribution < -0.4 is 5.32 Å². The van der Waals surface area contributed by atoms with E-state index in [9.17, 15) is 18.0 Å². The third-order valence-electron chi connectivity index (χ3n) is 3.06. The number of carbonyl (C=O) groups excluding carboxylic acids is 1. The minimum absolute atomic E-state index is 0.137. The molecule has 1 N–H and O–H groups in total. The van der Waals surface area contributed by atoms with E-state index in [0.717, 1.165) is 6.20 Å². The highest BCUT2D eigenvalue weighted by Crippen LogP contribution is 2.30. The molecule has 0 spiro atoms. The Hall–Kier alpha value is -1.18. The van der Waals surface area contributed by atoms with Gasteiger partial charge >= 0.3 is 6.18 Å². The molecule has 1 amide bonds. The van der Waals surface area contributed by atoms with Gasteiger partial charge in [0, 0.05) is 31.5 Å². The molecule has 0 aliphatic carbocycles. The van der Waals surface area contributed by atoms with Gasteiger partial charge in [0.25, 0.3) is 0 Å². The van der Waals surface area contributed by atoms with Crippen LogP contribution in [0.15, 0.2) is 6.20 Å². The number of hydrogen-bond acceptors (Lipinski definition) is 3. The second-order valence-corrected chi connectivity index (χ2v) is 4.89. The minimum atomic E-state index is -4.44. The van der Waals surface area contributed by atoms with E-state index in [0.29, 0.717) is 31.0 Å². The average molecular weight is 293 g/mol. The minimum Gasteiger partial charge on any atom is -0.355 e. The SMILES string of the molecule is O=C(NCCS)C1CCc2nc(C(F)(F)F)cn2C1. The first-order chi connectivity index (χ1) is 8.91. The molecule has 2 heterocycles. The highest BCUT2D eigenvalue weighted by Gasteiger charge is 2.36. The van der Waals surface area contributed by atoms with Gasteiger partial charge in [-0.3, -0.25) is 4.79 Å². The number of aryl methyl sites for hydroxylation is 1. The Balaban J connectivity index is 2.07. The fraction of sp³-hybridized carbons (Fsp3) is 0.636. The smallest absolute Gasteiger partial charge is 0.355 e. The second-order valence-electron chi connectivity index (χ2n) is 4.44. The van der Waals surface area contributed by atoms with Crippen LogP contribution in [0.2, 0.25) is 0 Å². The molecule has 8 heteroatoms. The molecule has 0 saturated heterocycles. The molecular weight excluding hydrogens is 279 g/mol. The van der Waals surface area contributed by atoms with E-state index in [1.54, 1.807) is 0 Å². The maximum absolute atomic E-state index is 12.5. The van der Waals surface area contributed by atoms with Crippen LogP contribution in [0, 0.1) is 5.92 Å². The van der Waals surface area contributed by atoms with Crippen molar-refractivity contribution in [1.29, 1.82) is 0 Å². The molecular formula is C11H14F3N3OS. The number of carbonyl (C=O) groups is 1. The van der Waals surface area contributed by atoms with Crippen LogP contribution in [0.3, 0.4) is 0 Å². The van der Waals surface area contributed by atoms with Crippen LogP contribution in [0.1, 0.15) is 17.9 Å². The number of imidazole rings is 1. The van der Waals surface area contributed by atoms with Gasteiger partial charge in [-0.2, -0.15) is 25.8 Å². The molecule has 19 heavy (non-hydrogen) atoms. The number of aromatic nitrogens is 2. The number of hydrogen-bond donors (Lipinski definition) is 2. The average Bonchev–Trinajstić information content (AvgIpc) is 2.78. The molecule has 0 fully saturated rings. The summed E-state index contributed by atoms with van der Waals surface area (Å²) in [6.45, 7) is 0.708. The van der Waals surface area contributed by atoms with Crippen molar-refractivity contribution in [2.24, 2.45) is 5.92 Å². The zero-order chi connectivity index (χ0) is 14.0. The molecule has 1 aromatic rings. The number of amides is 1. The van der Waals surface area contributed by atoms with E-state index in [2.05, 4.69) is 22.9 Å². The molecule has 106 valence electrons. The topological polar surface area (TPSA) is 46.9 Å². The van der Waals surface area contributed by atoms with Gasteiger partial charge in [-0.15, -0.1) is 0 Å². The van der Waals surface area contributed by atoms with Crippen LogP contribution in [-0.2, 0) is 23.9 Å². The summed E-state index contributed by atoms with van der Waals surface area (Å²) in [7, 11) is 0. The van der Waals surface area contributed by atoms with Gasteiger partial charge in [-0.1, -0.05) is 0 Å². The van der Waals surface area contributed by atoms with E-state index in [-0.39, 0.29) is 18.4 Å². The van der Waals surface area contributed by atoms with Crippen LogP contribution in [-0.4, -0.2) is 27.8 Å². The Kier molecular flexibility index (Phi) is 4.07. The number of thiol groups is 1. The molecule has 1 aromatic heterocycles. The molecule has 4 nitrogen and oxygen atoms in total. The van der Waals surface area contributed by atoms with E-state index in [4.69, 9.17) is 0 Å². The third kappa shape index (κ3) is 3.23. The van der Waals surface area contributed by atoms with Crippen LogP contribution in [0.4, 0.5) is 13.2 Å². The fourth-order valence-electron chi connectivity index (χ4n) is 2.12. The van der Waals surface area contributed by atoms with Crippen LogP contribution >= 0.6 is 12.6 Å². The first-order valence-electron chi connectivity index (χ1n) is 5.93. The largest absolute Gasteiger partial charge is 0.434 e. The molecule has 0 bridgehead atoms. The monoisotopic (exact) mass is 293 g/mol. The molecule has 1 aliphatic rings. The number of halogens is 3. The normalized spacial score (nSPS) is 19.1. The molecule has 0 aromatic carbocycles. The molecule has 0 saturated carbocycles. The van der Waals surface area contributed by atoms with Gasteiger partial charge in [-0.05, 0) is 6.42 Å². The zero-order valence-corrected chi connectivity index (χ0v) is 11.0. The predicted octanol–water partition coefficient (Wildman–Crippen LogP) is 1.51. The second kappa shape index (κ2) is 5.44. The van der Waals surface area contributed by atoms with Gasteiger partial charge in [0.1, 0.15) is 5.82 Å². The van der Waals surface area contributed by atoms with Gasteiger partial charge in [0.15, 0.2) is 5.69 Å². The number of nitrogens with one attached hydrogen (secondary N) is 1. The number of fused-ring (bicyclic) bond motifs is 1. The van der Waals surface area contributed by atoms with Gasteiger partial charge in [0.05, 0.1) is 5.92 Å². The Morgan fingerprint density at radius 1 is 1.58 bits per heavy atom. The summed E-state index contributed by atoms with van der Waals surface area (Å²) in [5, 5.41) is 2.70. The standard InChI is InChI=1S/C11H14F3N3OS/c12-11(13,14)8-6-17-5-7(1-2-9(17)16-8)10(18)15-3-4-19/h6-7,19H,1-5H2,(H,15,18). The highest BCUT2D eigenvalue weighted by molar-refractivity contribution is 7.80. The van der Waals surface area contributed by atoms with Crippen molar-refractivity contribution >= 4 is 18.5 Å². The summed E-state index contributed by atoms with van der Waals surface area (Å²) in [5.41, 5.74) is -0.890. The number of rotatable bonds is 3.